The van der Waals surface area contributed by atoms with Crippen LogP contribution in [0.1, 0.15) is 0 Å². The van der Waals surface area contributed by atoms with Crippen LogP contribution in [-0.4, -0.2) is 23.8 Å². The molecule has 0 saturated carbocycles. The predicted molar refractivity (Wildman–Crippen MR) is 80.5 cm³/mol. The first-order valence-electron chi connectivity index (χ1n) is 5.25. The lowest BCUT2D eigenvalue weighted by atomic mass is 10.3. The van der Waals surface area contributed by atoms with E-state index in [1.165, 1.54) is 0 Å². The van der Waals surface area contributed by atoms with Crippen molar-refractivity contribution in [2.75, 3.05) is 0 Å². The van der Waals surface area contributed by atoms with Gasteiger partial charge >= 0.3 is 0 Å². The van der Waals surface area contributed by atoms with Gasteiger partial charge in [0, 0.05) is 0 Å². The van der Waals surface area contributed by atoms with Crippen molar-refractivity contribution < 1.29 is 0 Å². The van der Waals surface area contributed by atoms with E-state index >= 15 is 0 Å². The van der Waals surface area contributed by atoms with E-state index in [9.17, 15) is 0 Å². The molecule has 20 heavy (non-hydrogen) atoms. The highest BCUT2D eigenvalue weighted by Crippen LogP contribution is 2.08. The van der Waals surface area contributed by atoms with Crippen LogP contribution in [0.15, 0.2) is 40.3 Å². The molecule has 0 spiro atoms. The van der Waals surface area contributed by atoms with E-state index in [4.69, 9.17) is 39.5 Å². The maximum absolute atomic E-state index is 6.47. The van der Waals surface area contributed by atoms with Gasteiger partial charge in [-0.25, -0.2) is 4.99 Å². The van der Waals surface area contributed by atoms with Crippen LogP contribution in [-0.2, 0) is 0 Å². The van der Waals surface area contributed by atoms with E-state index in [1.807, 2.05) is 23.5 Å². The van der Waals surface area contributed by atoms with Crippen LogP contribution in [0.2, 0.25) is 0 Å². The largest absolute Gasteiger partial charge is 0.370 e. The summed E-state index contributed by atoms with van der Waals surface area (Å²) in [6.45, 7) is 0. The maximum Gasteiger partial charge on any atom is 0.223 e. The zero-order valence-corrected chi connectivity index (χ0v) is 10.7. The summed E-state index contributed by atoms with van der Waals surface area (Å²) in [6, 6.07) is 9.18. The molecule has 0 fully saturated rings. The van der Waals surface area contributed by atoms with Crippen LogP contribution in [0.3, 0.4) is 0 Å². The molecular weight excluding hydrogens is 260 g/mol. The van der Waals surface area contributed by atoms with Crippen LogP contribution in [0.25, 0.3) is 0 Å². The molecule has 0 aliphatic heterocycles. The molecule has 1 rings (SSSR count). The van der Waals surface area contributed by atoms with Gasteiger partial charge in [-0.1, -0.05) is 18.2 Å². The van der Waals surface area contributed by atoms with E-state index < -0.39 is 0 Å². The Labute approximate surface area is 115 Å². The van der Waals surface area contributed by atoms with Gasteiger partial charge in [-0.05, 0) is 12.1 Å². The zero-order valence-electron chi connectivity index (χ0n) is 10.7. The van der Waals surface area contributed by atoms with Gasteiger partial charge in [0.2, 0.25) is 5.96 Å². The molecule has 0 radical (unpaired) electrons. The number of para-hydroxylation sites is 1. The van der Waals surface area contributed by atoms with Crippen LogP contribution in [0, 0.1) is 10.8 Å². The number of nitrogens with zero attached hydrogens (tertiary/aromatic N) is 2. The molecule has 10 heteroatoms. The molecule has 0 saturated heterocycles. The summed E-state index contributed by atoms with van der Waals surface area (Å²) in [7, 11) is 0. The van der Waals surface area contributed by atoms with Crippen molar-refractivity contribution in [3.63, 3.8) is 0 Å². The Morgan fingerprint density at radius 1 is 0.900 bits per heavy atom. The summed E-state index contributed by atoms with van der Waals surface area (Å²) >= 11 is 0. The van der Waals surface area contributed by atoms with Gasteiger partial charge in [-0.15, -0.1) is 0 Å². The lowest BCUT2D eigenvalue weighted by molar-refractivity contribution is 1.19. The van der Waals surface area contributed by atoms with E-state index in [1.54, 1.807) is 12.1 Å². The van der Waals surface area contributed by atoms with Crippen molar-refractivity contribution in [2.24, 2.45) is 38.7 Å². The molecule has 0 aliphatic carbocycles. The van der Waals surface area contributed by atoms with Gasteiger partial charge in [-0.2, -0.15) is 4.99 Å². The Kier molecular flexibility index (Phi) is 7.30. The van der Waals surface area contributed by atoms with Crippen molar-refractivity contribution in [1.29, 1.82) is 10.8 Å². The van der Waals surface area contributed by atoms with Crippen LogP contribution in [0.5, 0.6) is 0 Å². The number of nitrogens with one attached hydrogen (secondary N) is 3. The summed E-state index contributed by atoms with van der Waals surface area (Å²) in [5.41, 5.74) is 25.8. The first-order chi connectivity index (χ1) is 9.31. The lowest BCUT2D eigenvalue weighted by Gasteiger charge is -1.95. The molecule has 1 aromatic carbocycles. The molecule has 0 amide bonds. The molecule has 0 aliphatic rings. The Bertz CT molecular complexity index is 488. The second-order valence-corrected chi connectivity index (χ2v) is 3.29. The number of guanidine groups is 4. The number of hydrogen-bond acceptors (Lipinski definition) is 3. The topological polar surface area (TPSA) is 215 Å². The highest BCUT2D eigenvalue weighted by atomic mass is 15.1. The first kappa shape index (κ1) is 16.7. The van der Waals surface area contributed by atoms with Gasteiger partial charge in [-0.3, -0.25) is 16.1 Å². The molecular formula is C10H18N10. The first-order valence-corrected chi connectivity index (χ1v) is 5.25. The van der Waals surface area contributed by atoms with Gasteiger partial charge < -0.3 is 28.7 Å². The minimum Gasteiger partial charge on any atom is -0.370 e. The van der Waals surface area contributed by atoms with Crippen molar-refractivity contribution in [1.82, 2.24) is 5.32 Å². The summed E-state index contributed by atoms with van der Waals surface area (Å²) in [6.07, 6.45) is 0. The Balaban J connectivity index is 0.000000441. The highest BCUT2D eigenvalue weighted by Gasteiger charge is 1.90. The quantitative estimate of drug-likeness (QED) is 0.220. The third-order valence-corrected chi connectivity index (χ3v) is 1.51. The lowest BCUT2D eigenvalue weighted by Crippen LogP contribution is -2.39. The SMILES string of the molecule is N=C(N)NC(=N)N.NC(N)=NC(N)=Nc1ccccc1. The number of benzene rings is 1. The number of nitrogens with two attached hydrogens (primary N) is 5. The minimum atomic E-state index is -0.312. The number of hydrogen-bond donors (Lipinski definition) is 8. The fraction of sp³-hybridized carbons (Fsp3) is 0. The third-order valence-electron chi connectivity index (χ3n) is 1.51. The van der Waals surface area contributed by atoms with Gasteiger partial charge in [0.15, 0.2) is 17.9 Å². The van der Waals surface area contributed by atoms with E-state index in [2.05, 4.69) is 9.98 Å². The standard InChI is InChI=1S/C8H11N5.C2H7N5/c9-7(10)13-8(11)12-6-4-2-1-3-5-6;3-1(4)7-2(5)6/h1-5H,(H6,9,10,11,12,13);(H7,3,4,5,6,7). The van der Waals surface area contributed by atoms with E-state index in [-0.39, 0.29) is 23.8 Å². The Hall–Kier alpha value is -3.30. The predicted octanol–water partition coefficient (Wildman–Crippen LogP) is -1.73. The van der Waals surface area contributed by atoms with E-state index in [0.717, 1.165) is 0 Å². The fourth-order valence-electron chi connectivity index (χ4n) is 0.937. The second-order valence-electron chi connectivity index (χ2n) is 3.29. The molecule has 0 bridgehead atoms. The summed E-state index contributed by atoms with van der Waals surface area (Å²) < 4.78 is 0. The maximum atomic E-state index is 6.47. The summed E-state index contributed by atoms with van der Waals surface area (Å²) in [5.74, 6) is -0.677. The summed E-state index contributed by atoms with van der Waals surface area (Å²) in [4.78, 5) is 7.52. The molecule has 10 nitrogen and oxygen atoms in total. The Morgan fingerprint density at radius 3 is 1.75 bits per heavy atom. The Morgan fingerprint density at radius 2 is 1.40 bits per heavy atom. The van der Waals surface area contributed by atoms with Gasteiger partial charge in [0.1, 0.15) is 0 Å². The van der Waals surface area contributed by atoms with Crippen LogP contribution < -0.4 is 34.0 Å². The average molecular weight is 278 g/mol. The number of rotatable bonds is 1. The van der Waals surface area contributed by atoms with E-state index in [0.29, 0.717) is 5.69 Å². The monoisotopic (exact) mass is 278 g/mol. The molecule has 0 atom stereocenters. The van der Waals surface area contributed by atoms with Gasteiger partial charge in [0.25, 0.3) is 0 Å². The summed E-state index contributed by atoms with van der Waals surface area (Å²) in [5, 5.41) is 15.0. The zero-order chi connectivity index (χ0) is 15.5. The molecule has 1 aromatic rings. The van der Waals surface area contributed by atoms with Crippen molar-refractivity contribution >= 4 is 29.5 Å². The van der Waals surface area contributed by atoms with Crippen molar-refractivity contribution in [3.05, 3.63) is 30.3 Å². The third kappa shape index (κ3) is 9.89. The second kappa shape index (κ2) is 8.74. The molecule has 0 heterocycles. The fourth-order valence-corrected chi connectivity index (χ4v) is 0.937. The highest BCUT2D eigenvalue weighted by molar-refractivity contribution is 5.94. The number of aliphatic imine (C=N–C) groups is 2. The molecule has 13 N–H and O–H groups in total. The molecule has 0 unspecified atom stereocenters. The molecule has 108 valence electrons. The van der Waals surface area contributed by atoms with Crippen molar-refractivity contribution in [3.8, 4) is 0 Å². The van der Waals surface area contributed by atoms with Crippen molar-refractivity contribution in [2.45, 2.75) is 0 Å². The normalized spacial score (nSPS) is 9.70. The van der Waals surface area contributed by atoms with Crippen LogP contribution in [0.4, 0.5) is 5.69 Å². The van der Waals surface area contributed by atoms with Gasteiger partial charge in [0.05, 0.1) is 5.69 Å². The van der Waals surface area contributed by atoms with Crippen LogP contribution >= 0.6 is 0 Å². The minimum absolute atomic E-state index is 0.0474. The molecule has 0 aromatic heterocycles. The average Bonchev–Trinajstić information content (AvgIpc) is 2.27. The smallest absolute Gasteiger partial charge is 0.223 e.